The lowest BCUT2D eigenvalue weighted by Crippen LogP contribution is -2.21. The summed E-state index contributed by atoms with van der Waals surface area (Å²) in [5.74, 6) is 0.710. The zero-order valence-corrected chi connectivity index (χ0v) is 13.4. The number of hydrogen-bond donors (Lipinski definition) is 1. The van der Waals surface area contributed by atoms with E-state index in [1.165, 1.54) is 24.0 Å². The first-order valence-corrected chi connectivity index (χ1v) is 7.62. The first kappa shape index (κ1) is 14.6. The average molecular weight is 259 g/mol. The van der Waals surface area contributed by atoms with Gasteiger partial charge in [-0.05, 0) is 41.3 Å². The number of benzene rings is 1. The van der Waals surface area contributed by atoms with Gasteiger partial charge in [0.15, 0.2) is 0 Å². The SMILES string of the molecule is CCCc1cccc(C(NC)C2C(C)(C)C2(C)C)c1. The van der Waals surface area contributed by atoms with Crippen molar-refractivity contribution >= 4 is 0 Å². The van der Waals surface area contributed by atoms with Crippen LogP contribution < -0.4 is 5.32 Å². The summed E-state index contributed by atoms with van der Waals surface area (Å²) in [6.45, 7) is 11.8. The molecule has 0 aromatic heterocycles. The molecule has 0 aliphatic heterocycles. The highest BCUT2D eigenvalue weighted by Crippen LogP contribution is 2.72. The minimum Gasteiger partial charge on any atom is -0.313 e. The molecule has 19 heavy (non-hydrogen) atoms. The molecule has 106 valence electrons. The molecule has 1 atom stereocenters. The molecule has 0 spiro atoms. The monoisotopic (exact) mass is 259 g/mol. The normalized spacial score (nSPS) is 22.2. The molecule has 2 rings (SSSR count). The summed E-state index contributed by atoms with van der Waals surface area (Å²) < 4.78 is 0. The number of aryl methyl sites for hydroxylation is 1. The van der Waals surface area contributed by atoms with E-state index in [0.717, 1.165) is 0 Å². The van der Waals surface area contributed by atoms with Crippen molar-refractivity contribution in [3.05, 3.63) is 35.4 Å². The first-order chi connectivity index (χ1) is 8.86. The third-order valence-electron chi connectivity index (χ3n) is 5.63. The Labute approximate surface area is 118 Å². The fraction of sp³-hybridized carbons (Fsp3) is 0.667. The van der Waals surface area contributed by atoms with Crippen molar-refractivity contribution in [2.75, 3.05) is 7.05 Å². The molecule has 1 aliphatic rings. The minimum absolute atomic E-state index is 0.418. The van der Waals surface area contributed by atoms with E-state index in [9.17, 15) is 0 Å². The molecule has 1 heteroatoms. The van der Waals surface area contributed by atoms with Crippen LogP contribution in [0.5, 0.6) is 0 Å². The molecular weight excluding hydrogens is 230 g/mol. The smallest absolute Gasteiger partial charge is 0.0356 e. The highest BCUT2D eigenvalue weighted by molar-refractivity contribution is 5.31. The lowest BCUT2D eigenvalue weighted by atomic mass is 9.94. The molecule has 1 unspecified atom stereocenters. The summed E-state index contributed by atoms with van der Waals surface area (Å²) in [6.07, 6.45) is 2.40. The van der Waals surface area contributed by atoms with Crippen molar-refractivity contribution in [3.63, 3.8) is 0 Å². The summed E-state index contributed by atoms with van der Waals surface area (Å²) in [7, 11) is 2.10. The molecule has 1 aliphatic carbocycles. The van der Waals surface area contributed by atoms with Crippen molar-refractivity contribution in [3.8, 4) is 0 Å². The van der Waals surface area contributed by atoms with Crippen LogP contribution in [-0.2, 0) is 6.42 Å². The van der Waals surface area contributed by atoms with Gasteiger partial charge in [-0.1, -0.05) is 65.3 Å². The van der Waals surface area contributed by atoms with Gasteiger partial charge >= 0.3 is 0 Å². The van der Waals surface area contributed by atoms with E-state index in [-0.39, 0.29) is 0 Å². The van der Waals surface area contributed by atoms with Crippen LogP contribution in [0.2, 0.25) is 0 Å². The zero-order chi connectivity index (χ0) is 14.3. The molecule has 0 amide bonds. The Morgan fingerprint density at radius 1 is 1.16 bits per heavy atom. The van der Waals surface area contributed by atoms with Crippen molar-refractivity contribution in [1.82, 2.24) is 5.32 Å². The van der Waals surface area contributed by atoms with Crippen LogP contribution >= 0.6 is 0 Å². The van der Waals surface area contributed by atoms with Gasteiger partial charge in [0.2, 0.25) is 0 Å². The number of rotatable bonds is 5. The van der Waals surface area contributed by atoms with Gasteiger partial charge < -0.3 is 5.32 Å². The van der Waals surface area contributed by atoms with Gasteiger partial charge in [0.25, 0.3) is 0 Å². The Hall–Kier alpha value is -0.820. The third-order valence-corrected chi connectivity index (χ3v) is 5.63. The quantitative estimate of drug-likeness (QED) is 0.816. The van der Waals surface area contributed by atoms with Crippen molar-refractivity contribution in [1.29, 1.82) is 0 Å². The maximum atomic E-state index is 3.56. The van der Waals surface area contributed by atoms with Gasteiger partial charge in [0.1, 0.15) is 0 Å². The summed E-state index contributed by atoms with van der Waals surface area (Å²) in [6, 6.07) is 9.62. The number of hydrogen-bond acceptors (Lipinski definition) is 1. The Morgan fingerprint density at radius 2 is 1.79 bits per heavy atom. The van der Waals surface area contributed by atoms with E-state index in [4.69, 9.17) is 0 Å². The summed E-state index contributed by atoms with van der Waals surface area (Å²) in [4.78, 5) is 0. The summed E-state index contributed by atoms with van der Waals surface area (Å²) in [5.41, 5.74) is 3.76. The van der Waals surface area contributed by atoms with Crippen LogP contribution in [0.15, 0.2) is 24.3 Å². The fourth-order valence-electron chi connectivity index (χ4n) is 3.84. The molecule has 0 saturated heterocycles. The molecule has 1 aromatic carbocycles. The van der Waals surface area contributed by atoms with Crippen LogP contribution in [0, 0.1) is 16.7 Å². The van der Waals surface area contributed by atoms with Crippen LogP contribution in [0.1, 0.15) is 58.2 Å². The van der Waals surface area contributed by atoms with Crippen LogP contribution in [-0.4, -0.2) is 7.05 Å². The largest absolute Gasteiger partial charge is 0.313 e. The molecule has 0 radical (unpaired) electrons. The Morgan fingerprint density at radius 3 is 2.26 bits per heavy atom. The molecule has 1 aromatic rings. The molecule has 1 fully saturated rings. The predicted molar refractivity (Wildman–Crippen MR) is 83.3 cm³/mol. The third kappa shape index (κ3) is 2.33. The topological polar surface area (TPSA) is 12.0 Å². The zero-order valence-electron chi connectivity index (χ0n) is 13.4. The standard InChI is InChI=1S/C18H29N/c1-7-9-13-10-8-11-14(12-13)15(19-6)16-17(2,3)18(16,4)5/h8,10-12,15-16,19H,7,9H2,1-6H3. The van der Waals surface area contributed by atoms with Crippen LogP contribution in [0.25, 0.3) is 0 Å². The number of nitrogens with one attached hydrogen (secondary N) is 1. The second-order valence-electron chi connectivity index (χ2n) is 7.18. The van der Waals surface area contributed by atoms with Crippen molar-refractivity contribution < 1.29 is 0 Å². The fourth-order valence-corrected chi connectivity index (χ4v) is 3.84. The highest BCUT2D eigenvalue weighted by Gasteiger charge is 2.67. The summed E-state index contributed by atoms with van der Waals surface area (Å²) >= 11 is 0. The molecule has 1 saturated carbocycles. The predicted octanol–water partition coefficient (Wildman–Crippen LogP) is 4.58. The lowest BCUT2D eigenvalue weighted by molar-refractivity contribution is 0.437. The Kier molecular flexibility index (Phi) is 3.79. The van der Waals surface area contributed by atoms with Crippen LogP contribution in [0.4, 0.5) is 0 Å². The lowest BCUT2D eigenvalue weighted by Gasteiger charge is -2.20. The molecule has 1 N–H and O–H groups in total. The maximum Gasteiger partial charge on any atom is 0.0356 e. The Bertz CT molecular complexity index is 431. The van der Waals surface area contributed by atoms with E-state index in [1.54, 1.807) is 0 Å². The molecule has 0 bridgehead atoms. The van der Waals surface area contributed by atoms with Gasteiger partial charge in [0.05, 0.1) is 0 Å². The van der Waals surface area contributed by atoms with Gasteiger partial charge in [-0.3, -0.25) is 0 Å². The average Bonchev–Trinajstić information content (AvgIpc) is 2.74. The van der Waals surface area contributed by atoms with Gasteiger partial charge in [-0.15, -0.1) is 0 Å². The highest BCUT2D eigenvalue weighted by atomic mass is 14.9. The van der Waals surface area contributed by atoms with E-state index in [0.29, 0.717) is 22.8 Å². The van der Waals surface area contributed by atoms with Crippen LogP contribution in [0.3, 0.4) is 0 Å². The maximum absolute atomic E-state index is 3.56. The van der Waals surface area contributed by atoms with Crippen molar-refractivity contribution in [2.45, 2.75) is 53.5 Å². The van der Waals surface area contributed by atoms with Gasteiger partial charge in [-0.2, -0.15) is 0 Å². The second kappa shape index (κ2) is 4.94. The summed E-state index contributed by atoms with van der Waals surface area (Å²) in [5, 5.41) is 3.56. The van der Waals surface area contributed by atoms with Gasteiger partial charge in [-0.25, -0.2) is 0 Å². The molecular formula is C18H29N. The van der Waals surface area contributed by atoms with E-state index >= 15 is 0 Å². The van der Waals surface area contributed by atoms with E-state index < -0.39 is 0 Å². The van der Waals surface area contributed by atoms with E-state index in [1.807, 2.05) is 0 Å². The Balaban J connectivity index is 2.26. The first-order valence-electron chi connectivity index (χ1n) is 7.62. The molecule has 0 heterocycles. The minimum atomic E-state index is 0.418. The molecule has 1 nitrogen and oxygen atoms in total. The second-order valence-corrected chi connectivity index (χ2v) is 7.18. The van der Waals surface area contributed by atoms with Gasteiger partial charge in [0, 0.05) is 6.04 Å². The van der Waals surface area contributed by atoms with E-state index in [2.05, 4.69) is 71.2 Å². The van der Waals surface area contributed by atoms with Crippen molar-refractivity contribution in [2.24, 2.45) is 16.7 Å².